The number of likely N-dealkylation sites (N-methyl/N-ethyl adjacent to an activating group) is 1. The summed E-state index contributed by atoms with van der Waals surface area (Å²) in [5.41, 5.74) is 0.473. The topological polar surface area (TPSA) is 49.3 Å². The number of hydrogen-bond donors (Lipinski definition) is 1. The minimum atomic E-state index is -0.571. The van der Waals surface area contributed by atoms with E-state index in [-0.39, 0.29) is 5.54 Å². The molecule has 0 saturated carbocycles. The van der Waals surface area contributed by atoms with Crippen molar-refractivity contribution in [3.63, 3.8) is 0 Å². The monoisotopic (exact) mass is 209 g/mol. The molecule has 1 aromatic heterocycles. The molecule has 4 heteroatoms. The van der Waals surface area contributed by atoms with E-state index in [1.807, 2.05) is 25.9 Å². The van der Waals surface area contributed by atoms with E-state index in [9.17, 15) is 5.11 Å². The Kier molecular flexibility index (Phi) is 3.77. The fraction of sp³-hybridized carbons (Fsp3) is 0.636. The standard InChI is InChI=1S/C11H19N3O/c1-5-11(2,14(3)4)10(15)9-6-12-8-13-7-9/h6-8,10,15H,5H2,1-4H3. The highest BCUT2D eigenvalue weighted by Crippen LogP contribution is 2.31. The molecule has 2 unspecified atom stereocenters. The largest absolute Gasteiger partial charge is 0.386 e. The van der Waals surface area contributed by atoms with Crippen molar-refractivity contribution >= 4 is 0 Å². The lowest BCUT2D eigenvalue weighted by molar-refractivity contribution is 0.000460. The molecule has 0 aliphatic carbocycles. The number of aliphatic hydroxyl groups excluding tert-OH is 1. The Morgan fingerprint density at radius 3 is 2.33 bits per heavy atom. The molecule has 2 atom stereocenters. The molecule has 1 heterocycles. The van der Waals surface area contributed by atoms with E-state index in [1.165, 1.54) is 6.33 Å². The van der Waals surface area contributed by atoms with Gasteiger partial charge < -0.3 is 10.0 Å². The maximum absolute atomic E-state index is 10.3. The van der Waals surface area contributed by atoms with Crippen LogP contribution in [0.25, 0.3) is 0 Å². The fourth-order valence-electron chi connectivity index (χ4n) is 1.57. The van der Waals surface area contributed by atoms with Crippen molar-refractivity contribution in [2.45, 2.75) is 31.9 Å². The van der Waals surface area contributed by atoms with Gasteiger partial charge in [-0.15, -0.1) is 0 Å². The first-order chi connectivity index (χ1) is 7.02. The van der Waals surface area contributed by atoms with Crippen LogP contribution in [0, 0.1) is 0 Å². The molecule has 0 fully saturated rings. The van der Waals surface area contributed by atoms with E-state index in [4.69, 9.17) is 0 Å². The van der Waals surface area contributed by atoms with E-state index in [0.29, 0.717) is 0 Å². The molecule has 0 aromatic carbocycles. The van der Waals surface area contributed by atoms with Crippen LogP contribution in [0.4, 0.5) is 0 Å². The van der Waals surface area contributed by atoms with Crippen LogP contribution in [0.3, 0.4) is 0 Å². The molecule has 0 aliphatic heterocycles. The average Bonchev–Trinajstić information content (AvgIpc) is 2.28. The molecule has 1 N–H and O–H groups in total. The van der Waals surface area contributed by atoms with Gasteiger partial charge in [-0.3, -0.25) is 0 Å². The number of aliphatic hydroxyl groups is 1. The van der Waals surface area contributed by atoms with E-state index < -0.39 is 6.10 Å². The van der Waals surface area contributed by atoms with Crippen LogP contribution >= 0.6 is 0 Å². The smallest absolute Gasteiger partial charge is 0.115 e. The summed E-state index contributed by atoms with van der Waals surface area (Å²) >= 11 is 0. The SMILES string of the molecule is CCC(C)(C(O)c1cncnc1)N(C)C. The summed E-state index contributed by atoms with van der Waals surface area (Å²) in [6.45, 7) is 4.09. The second-order valence-electron chi connectivity index (χ2n) is 4.18. The van der Waals surface area contributed by atoms with Crippen molar-refractivity contribution in [2.75, 3.05) is 14.1 Å². The minimum absolute atomic E-state index is 0.287. The Balaban J connectivity index is 2.97. The first-order valence-electron chi connectivity index (χ1n) is 5.12. The summed E-state index contributed by atoms with van der Waals surface area (Å²) in [6.07, 6.45) is 5.08. The first kappa shape index (κ1) is 12.1. The summed E-state index contributed by atoms with van der Waals surface area (Å²) in [6, 6.07) is 0. The van der Waals surface area contributed by atoms with Crippen molar-refractivity contribution < 1.29 is 5.11 Å². The van der Waals surface area contributed by atoms with E-state index in [2.05, 4.69) is 16.9 Å². The van der Waals surface area contributed by atoms with Crippen LogP contribution in [0.15, 0.2) is 18.7 Å². The summed E-state index contributed by atoms with van der Waals surface area (Å²) < 4.78 is 0. The zero-order valence-electron chi connectivity index (χ0n) is 9.81. The van der Waals surface area contributed by atoms with Gasteiger partial charge in [0.15, 0.2) is 0 Å². The van der Waals surface area contributed by atoms with Gasteiger partial charge in [-0.25, -0.2) is 9.97 Å². The molecule has 84 valence electrons. The first-order valence-corrected chi connectivity index (χ1v) is 5.12. The third kappa shape index (κ3) is 2.33. The lowest BCUT2D eigenvalue weighted by Crippen LogP contribution is -2.46. The lowest BCUT2D eigenvalue weighted by Gasteiger charge is -2.39. The van der Waals surface area contributed by atoms with Gasteiger partial charge in [0.2, 0.25) is 0 Å². The van der Waals surface area contributed by atoms with Gasteiger partial charge in [-0.1, -0.05) is 6.92 Å². The van der Waals surface area contributed by atoms with Crippen LogP contribution in [0.2, 0.25) is 0 Å². The quantitative estimate of drug-likeness (QED) is 0.810. The Hall–Kier alpha value is -1.00. The van der Waals surface area contributed by atoms with Gasteiger partial charge in [-0.05, 0) is 27.4 Å². The Labute approximate surface area is 91.0 Å². The molecular formula is C11H19N3O. The number of hydrogen-bond acceptors (Lipinski definition) is 4. The Morgan fingerprint density at radius 1 is 1.40 bits per heavy atom. The predicted octanol–water partition coefficient (Wildman–Crippen LogP) is 1.24. The normalized spacial score (nSPS) is 17.5. The molecule has 1 rings (SSSR count). The van der Waals surface area contributed by atoms with Crippen LogP contribution in [-0.4, -0.2) is 39.6 Å². The highest BCUT2D eigenvalue weighted by Gasteiger charge is 2.34. The number of nitrogens with zero attached hydrogens (tertiary/aromatic N) is 3. The molecule has 15 heavy (non-hydrogen) atoms. The second kappa shape index (κ2) is 4.68. The maximum atomic E-state index is 10.3. The number of aromatic nitrogens is 2. The van der Waals surface area contributed by atoms with Crippen LogP contribution in [0.1, 0.15) is 31.9 Å². The van der Waals surface area contributed by atoms with Crippen molar-refractivity contribution in [3.8, 4) is 0 Å². The van der Waals surface area contributed by atoms with Gasteiger partial charge in [0, 0.05) is 23.5 Å². The van der Waals surface area contributed by atoms with Crippen LogP contribution in [-0.2, 0) is 0 Å². The molecule has 0 amide bonds. The second-order valence-corrected chi connectivity index (χ2v) is 4.18. The Morgan fingerprint density at radius 2 is 1.93 bits per heavy atom. The van der Waals surface area contributed by atoms with Gasteiger partial charge in [0.25, 0.3) is 0 Å². The van der Waals surface area contributed by atoms with E-state index in [1.54, 1.807) is 12.4 Å². The van der Waals surface area contributed by atoms with Crippen molar-refractivity contribution in [1.82, 2.24) is 14.9 Å². The third-order valence-electron chi connectivity index (χ3n) is 3.22. The summed E-state index contributed by atoms with van der Waals surface area (Å²) in [4.78, 5) is 9.88. The molecule has 1 aromatic rings. The molecule has 0 bridgehead atoms. The highest BCUT2D eigenvalue weighted by atomic mass is 16.3. The zero-order valence-corrected chi connectivity index (χ0v) is 9.81. The zero-order chi connectivity index (χ0) is 11.5. The van der Waals surface area contributed by atoms with Crippen molar-refractivity contribution in [3.05, 3.63) is 24.3 Å². The van der Waals surface area contributed by atoms with Gasteiger partial charge in [-0.2, -0.15) is 0 Å². The third-order valence-corrected chi connectivity index (χ3v) is 3.22. The van der Waals surface area contributed by atoms with Crippen LogP contribution in [0.5, 0.6) is 0 Å². The minimum Gasteiger partial charge on any atom is -0.386 e. The molecular weight excluding hydrogens is 190 g/mol. The van der Waals surface area contributed by atoms with Gasteiger partial charge in [0.05, 0.1) is 6.10 Å². The molecule has 0 radical (unpaired) electrons. The molecule has 0 aliphatic rings. The summed E-state index contributed by atoms with van der Waals surface area (Å²) in [7, 11) is 3.94. The summed E-state index contributed by atoms with van der Waals surface area (Å²) in [5, 5.41) is 10.3. The maximum Gasteiger partial charge on any atom is 0.115 e. The van der Waals surface area contributed by atoms with Crippen molar-refractivity contribution in [2.24, 2.45) is 0 Å². The number of rotatable bonds is 4. The van der Waals surface area contributed by atoms with E-state index in [0.717, 1.165) is 12.0 Å². The molecule has 0 spiro atoms. The van der Waals surface area contributed by atoms with Crippen molar-refractivity contribution in [1.29, 1.82) is 0 Å². The lowest BCUT2D eigenvalue weighted by atomic mass is 9.87. The predicted molar refractivity (Wildman–Crippen MR) is 59.4 cm³/mol. The average molecular weight is 209 g/mol. The molecule has 4 nitrogen and oxygen atoms in total. The fourth-order valence-corrected chi connectivity index (χ4v) is 1.57. The molecule has 0 saturated heterocycles. The highest BCUT2D eigenvalue weighted by molar-refractivity contribution is 5.13. The van der Waals surface area contributed by atoms with Gasteiger partial charge in [0.1, 0.15) is 6.33 Å². The Bertz CT molecular complexity index is 302. The van der Waals surface area contributed by atoms with Gasteiger partial charge >= 0.3 is 0 Å². The summed E-state index contributed by atoms with van der Waals surface area (Å²) in [5.74, 6) is 0. The van der Waals surface area contributed by atoms with E-state index >= 15 is 0 Å². The van der Waals surface area contributed by atoms with Crippen LogP contribution < -0.4 is 0 Å².